The summed E-state index contributed by atoms with van der Waals surface area (Å²) in [6.45, 7) is 6.61. The second-order valence-corrected chi connectivity index (χ2v) is 6.82. The minimum Gasteiger partial charge on any atom is -0.462 e. The summed E-state index contributed by atoms with van der Waals surface area (Å²) >= 11 is 0.894. The van der Waals surface area contributed by atoms with Gasteiger partial charge in [0.15, 0.2) is 0 Å². The Balaban J connectivity index is 2.34. The topological polar surface area (TPSA) is 143 Å². The number of nitrogens with zero attached hydrogens (tertiary/aromatic N) is 3. The van der Waals surface area contributed by atoms with Crippen molar-refractivity contribution in [1.82, 2.24) is 9.78 Å². The van der Waals surface area contributed by atoms with Crippen LogP contribution in [0, 0.1) is 17.0 Å². The number of rotatable bonds is 8. The molecule has 0 fully saturated rings. The Bertz CT molecular complexity index is 950. The van der Waals surface area contributed by atoms with Crippen molar-refractivity contribution in [3.8, 4) is 0 Å². The second-order valence-electron chi connectivity index (χ2n) is 5.80. The number of amides is 1. The second kappa shape index (κ2) is 9.28. The van der Waals surface area contributed by atoms with Crippen molar-refractivity contribution in [2.75, 3.05) is 18.5 Å². The Labute approximate surface area is 169 Å². The third-order valence-corrected chi connectivity index (χ3v) is 5.09. The molecule has 2 aromatic rings. The van der Waals surface area contributed by atoms with Gasteiger partial charge in [0.05, 0.1) is 23.7 Å². The molecule has 0 aliphatic heterocycles. The first-order valence-electron chi connectivity index (χ1n) is 8.68. The number of carbonyl (C=O) groups is 3. The molecule has 156 valence electrons. The number of esters is 2. The molecule has 0 aliphatic rings. The van der Waals surface area contributed by atoms with E-state index in [9.17, 15) is 24.5 Å². The summed E-state index contributed by atoms with van der Waals surface area (Å²) in [5.74, 6) is -1.88. The quantitative estimate of drug-likeness (QED) is 0.387. The van der Waals surface area contributed by atoms with Gasteiger partial charge in [-0.3, -0.25) is 19.6 Å². The van der Waals surface area contributed by atoms with E-state index in [1.807, 2.05) is 0 Å². The molecule has 0 radical (unpaired) electrons. The normalized spacial score (nSPS) is 11.6. The zero-order valence-electron chi connectivity index (χ0n) is 16.3. The van der Waals surface area contributed by atoms with E-state index < -0.39 is 28.8 Å². The van der Waals surface area contributed by atoms with Crippen LogP contribution < -0.4 is 5.32 Å². The molecule has 0 bridgehead atoms. The van der Waals surface area contributed by atoms with Gasteiger partial charge in [-0.2, -0.15) is 5.10 Å². The van der Waals surface area contributed by atoms with E-state index in [1.165, 1.54) is 6.92 Å². The predicted octanol–water partition coefficient (Wildman–Crippen LogP) is 2.71. The van der Waals surface area contributed by atoms with Gasteiger partial charge in [0.25, 0.3) is 0 Å². The van der Waals surface area contributed by atoms with E-state index >= 15 is 0 Å². The van der Waals surface area contributed by atoms with Crippen LogP contribution in [0.4, 0.5) is 10.7 Å². The lowest BCUT2D eigenvalue weighted by molar-refractivity contribution is -0.385. The van der Waals surface area contributed by atoms with Gasteiger partial charge in [0, 0.05) is 0 Å². The first-order chi connectivity index (χ1) is 13.7. The fraction of sp³-hybridized carbons (Fsp3) is 0.412. The van der Waals surface area contributed by atoms with Crippen molar-refractivity contribution in [2.24, 2.45) is 0 Å². The SMILES string of the molecule is CCOC(=O)c1sc(NC(=O)[C@@H](C)n2cc([N+](=O)[O-])cn2)c(C(=O)OCC)c1C. The van der Waals surface area contributed by atoms with Gasteiger partial charge in [0.2, 0.25) is 5.91 Å². The molecule has 0 spiro atoms. The number of thiophene rings is 1. The summed E-state index contributed by atoms with van der Waals surface area (Å²) in [5, 5.41) is 17.3. The van der Waals surface area contributed by atoms with Crippen LogP contribution in [0.2, 0.25) is 0 Å². The maximum atomic E-state index is 12.6. The number of nitrogens with one attached hydrogen (secondary N) is 1. The first kappa shape index (κ1) is 22.0. The van der Waals surface area contributed by atoms with Crippen LogP contribution in [-0.2, 0) is 14.3 Å². The molecule has 11 nitrogen and oxygen atoms in total. The standard InChI is InChI=1S/C17H20N4O7S/c1-5-27-16(23)12-9(3)13(17(24)28-6-2)29-15(12)19-14(22)10(4)20-8-11(7-18-20)21(25)26/h7-8,10H,5-6H2,1-4H3,(H,19,22)/t10-/m1/s1. The largest absolute Gasteiger partial charge is 0.462 e. The molecule has 2 aromatic heterocycles. The lowest BCUT2D eigenvalue weighted by Crippen LogP contribution is -2.24. The lowest BCUT2D eigenvalue weighted by Gasteiger charge is -2.12. The van der Waals surface area contributed by atoms with Crippen LogP contribution in [0.3, 0.4) is 0 Å². The summed E-state index contributed by atoms with van der Waals surface area (Å²) in [6, 6.07) is -0.910. The van der Waals surface area contributed by atoms with Crippen LogP contribution in [0.15, 0.2) is 12.4 Å². The zero-order valence-corrected chi connectivity index (χ0v) is 17.1. The molecule has 0 saturated carbocycles. The van der Waals surface area contributed by atoms with E-state index in [1.54, 1.807) is 20.8 Å². The minimum atomic E-state index is -0.910. The van der Waals surface area contributed by atoms with Crippen molar-refractivity contribution in [3.63, 3.8) is 0 Å². The molecular weight excluding hydrogens is 404 g/mol. The lowest BCUT2D eigenvalue weighted by atomic mass is 10.1. The number of hydrogen-bond acceptors (Lipinski definition) is 9. The van der Waals surface area contributed by atoms with E-state index in [2.05, 4.69) is 10.4 Å². The average Bonchev–Trinajstić information content (AvgIpc) is 3.27. The summed E-state index contributed by atoms with van der Waals surface area (Å²) in [4.78, 5) is 47.5. The fourth-order valence-corrected chi connectivity index (χ4v) is 3.50. The van der Waals surface area contributed by atoms with Gasteiger partial charge < -0.3 is 14.8 Å². The van der Waals surface area contributed by atoms with Crippen LogP contribution in [0.25, 0.3) is 0 Å². The number of hydrogen-bond donors (Lipinski definition) is 1. The fourth-order valence-electron chi connectivity index (χ4n) is 2.41. The molecule has 1 amide bonds. The molecule has 29 heavy (non-hydrogen) atoms. The van der Waals surface area contributed by atoms with Gasteiger partial charge >= 0.3 is 17.6 Å². The Morgan fingerprint density at radius 2 is 1.90 bits per heavy atom. The molecule has 12 heteroatoms. The first-order valence-corrected chi connectivity index (χ1v) is 9.49. The van der Waals surface area contributed by atoms with Gasteiger partial charge in [-0.05, 0) is 33.3 Å². The molecule has 2 heterocycles. The Hall–Kier alpha value is -3.28. The smallest absolute Gasteiger partial charge is 0.348 e. The highest BCUT2D eigenvalue weighted by Gasteiger charge is 2.29. The average molecular weight is 424 g/mol. The Morgan fingerprint density at radius 1 is 1.28 bits per heavy atom. The maximum Gasteiger partial charge on any atom is 0.348 e. The maximum absolute atomic E-state index is 12.6. The highest BCUT2D eigenvalue weighted by atomic mass is 32.1. The molecule has 0 aliphatic carbocycles. The summed E-state index contributed by atoms with van der Waals surface area (Å²) in [5.41, 5.74) is 0.143. The van der Waals surface area contributed by atoms with Crippen molar-refractivity contribution >= 4 is 39.9 Å². The number of anilines is 1. The van der Waals surface area contributed by atoms with Crippen molar-refractivity contribution in [2.45, 2.75) is 33.7 Å². The summed E-state index contributed by atoms with van der Waals surface area (Å²) in [7, 11) is 0. The van der Waals surface area contributed by atoms with Crippen molar-refractivity contribution in [1.29, 1.82) is 0 Å². The van der Waals surface area contributed by atoms with Crippen molar-refractivity contribution < 1.29 is 28.8 Å². The third kappa shape index (κ3) is 4.77. The number of aromatic nitrogens is 2. The van der Waals surface area contributed by atoms with Crippen LogP contribution in [-0.4, -0.2) is 45.8 Å². The molecule has 0 aromatic carbocycles. The molecular formula is C17H20N4O7S. The molecule has 1 atom stereocenters. The van der Waals surface area contributed by atoms with E-state index in [0.717, 1.165) is 28.4 Å². The third-order valence-electron chi connectivity index (χ3n) is 3.90. The van der Waals surface area contributed by atoms with E-state index in [0.29, 0.717) is 5.56 Å². The highest BCUT2D eigenvalue weighted by Crippen LogP contribution is 2.35. The molecule has 2 rings (SSSR count). The molecule has 0 saturated heterocycles. The summed E-state index contributed by atoms with van der Waals surface area (Å²) < 4.78 is 11.2. The van der Waals surface area contributed by atoms with Crippen molar-refractivity contribution in [3.05, 3.63) is 38.5 Å². The zero-order chi connectivity index (χ0) is 21.7. The predicted molar refractivity (Wildman–Crippen MR) is 103 cm³/mol. The van der Waals surface area contributed by atoms with Gasteiger partial charge in [-0.25, -0.2) is 9.59 Å². The number of carbonyl (C=O) groups excluding carboxylic acids is 3. The van der Waals surface area contributed by atoms with Crippen LogP contribution in [0.1, 0.15) is 52.4 Å². The molecule has 1 N–H and O–H groups in total. The van der Waals surface area contributed by atoms with E-state index in [-0.39, 0.29) is 34.3 Å². The highest BCUT2D eigenvalue weighted by molar-refractivity contribution is 7.18. The van der Waals surface area contributed by atoms with Gasteiger partial charge in [-0.1, -0.05) is 0 Å². The number of nitro groups is 1. The Morgan fingerprint density at radius 3 is 2.45 bits per heavy atom. The monoisotopic (exact) mass is 424 g/mol. The Kier molecular flexibility index (Phi) is 7.04. The number of ether oxygens (including phenoxy) is 2. The van der Waals surface area contributed by atoms with Crippen LogP contribution >= 0.6 is 11.3 Å². The summed E-state index contributed by atoms with van der Waals surface area (Å²) in [6.07, 6.45) is 2.15. The van der Waals surface area contributed by atoms with E-state index in [4.69, 9.17) is 9.47 Å². The van der Waals surface area contributed by atoms with Gasteiger partial charge in [0.1, 0.15) is 28.3 Å². The van der Waals surface area contributed by atoms with Crippen LogP contribution in [0.5, 0.6) is 0 Å². The minimum absolute atomic E-state index is 0.0619. The molecule has 0 unspecified atom stereocenters. The van der Waals surface area contributed by atoms with Gasteiger partial charge in [-0.15, -0.1) is 11.3 Å².